The fraction of sp³-hybridized carbons (Fsp3) is 0.429. The van der Waals surface area contributed by atoms with Crippen LogP contribution in [0, 0.1) is 10.1 Å². The van der Waals surface area contributed by atoms with E-state index < -0.39 is 5.03 Å². The largest absolute Gasteiger partial charge is 0.322 e. The third kappa shape index (κ3) is 2.28. The third-order valence-electron chi connectivity index (χ3n) is 1.50. The molecule has 0 aliphatic rings. The number of hydrogen-bond acceptors (Lipinski definition) is 3. The number of aromatic nitrogens is 3. The minimum Gasteiger partial charge on any atom is -0.278 e. The van der Waals surface area contributed by atoms with Gasteiger partial charge in [-0.15, -0.1) is 0 Å². The number of rotatable bonds is 3. The van der Waals surface area contributed by atoms with E-state index in [4.69, 9.17) is 0 Å². The van der Waals surface area contributed by atoms with Crippen LogP contribution in [0.4, 0.5) is 0 Å². The molecule has 1 aromatic heterocycles. The zero-order valence-corrected chi connectivity index (χ0v) is 7.97. The summed E-state index contributed by atoms with van der Waals surface area (Å²) in [5.41, 5.74) is 0.0463. The minimum atomic E-state index is -0.768. The molecule has 0 unspecified atom stereocenters. The zero-order valence-electron chi connectivity index (χ0n) is 7.97. The van der Waals surface area contributed by atoms with E-state index in [9.17, 15) is 10.1 Å². The first-order valence-corrected chi connectivity index (χ1v) is 4.16. The van der Waals surface area contributed by atoms with Crippen LogP contribution in [0.5, 0.6) is 0 Å². The van der Waals surface area contributed by atoms with Crippen LogP contribution in [0.2, 0.25) is 0 Å². The van der Waals surface area contributed by atoms with Crippen LogP contribution >= 0.6 is 0 Å². The Morgan fingerprint density at radius 2 is 2.50 bits per heavy atom. The maximum atomic E-state index is 10.2. The summed E-state index contributed by atoms with van der Waals surface area (Å²) < 4.78 is 1.40. The molecule has 0 aliphatic heterocycles. The lowest BCUT2D eigenvalue weighted by Crippen LogP contribution is -2.17. The molecular formula is C7H11N5O2. The van der Waals surface area contributed by atoms with Crippen LogP contribution in [0.15, 0.2) is 11.2 Å². The van der Waals surface area contributed by atoms with Gasteiger partial charge in [-0.25, -0.2) is 14.8 Å². The maximum Gasteiger partial charge on any atom is 0.322 e. The highest BCUT2D eigenvalue weighted by atomic mass is 16.7. The van der Waals surface area contributed by atoms with E-state index in [2.05, 4.69) is 15.2 Å². The van der Waals surface area contributed by atoms with Gasteiger partial charge in [0.15, 0.2) is 5.03 Å². The molecule has 1 N–H and O–H groups in total. The number of aromatic amines is 1. The van der Waals surface area contributed by atoms with Crippen molar-refractivity contribution in [2.24, 2.45) is 5.10 Å². The lowest BCUT2D eigenvalue weighted by Gasteiger charge is -1.88. The summed E-state index contributed by atoms with van der Waals surface area (Å²) in [7, 11) is 0. The fourth-order valence-electron chi connectivity index (χ4n) is 0.943. The van der Waals surface area contributed by atoms with Gasteiger partial charge < -0.3 is 0 Å². The molecule has 1 aromatic rings. The van der Waals surface area contributed by atoms with Gasteiger partial charge in [-0.1, -0.05) is 13.0 Å². The highest BCUT2D eigenvalue weighted by Crippen LogP contribution is 1.86. The predicted molar refractivity (Wildman–Crippen MR) is 49.5 cm³/mol. The summed E-state index contributed by atoms with van der Waals surface area (Å²) in [4.78, 5) is 14.1. The van der Waals surface area contributed by atoms with E-state index in [1.54, 1.807) is 19.2 Å². The van der Waals surface area contributed by atoms with E-state index >= 15 is 0 Å². The molecule has 1 heterocycles. The molecule has 1 rings (SSSR count). The topological polar surface area (TPSA) is 89.1 Å². The van der Waals surface area contributed by atoms with Crippen molar-refractivity contribution in [2.45, 2.75) is 20.3 Å². The summed E-state index contributed by atoms with van der Waals surface area (Å²) in [6, 6.07) is 0. The molecule has 7 nitrogen and oxygen atoms in total. The molecule has 0 saturated carbocycles. The van der Waals surface area contributed by atoms with Gasteiger partial charge in [0, 0.05) is 12.6 Å². The highest BCUT2D eigenvalue weighted by molar-refractivity contribution is 5.16. The third-order valence-corrected chi connectivity index (χ3v) is 1.50. The summed E-state index contributed by atoms with van der Waals surface area (Å²) in [6.45, 7) is 3.70. The Kier molecular flexibility index (Phi) is 3.16. The fourth-order valence-corrected chi connectivity index (χ4v) is 0.943. The Hall–Kier alpha value is -1.92. The Morgan fingerprint density at radius 3 is 3.00 bits per heavy atom. The monoisotopic (exact) mass is 197 g/mol. The first-order valence-electron chi connectivity index (χ1n) is 4.16. The Morgan fingerprint density at radius 1 is 1.79 bits per heavy atom. The van der Waals surface area contributed by atoms with Gasteiger partial charge in [0.2, 0.25) is 0 Å². The second-order valence-electron chi connectivity index (χ2n) is 2.51. The SMILES string of the molecule is C/C=C/n1[nH]c(CC)n/c1=N\[N+](=O)[O-]. The second-order valence-corrected chi connectivity index (χ2v) is 2.51. The Bertz CT molecular complexity index is 414. The summed E-state index contributed by atoms with van der Waals surface area (Å²) in [5, 5.41) is 15.4. The number of aryl methyl sites for hydroxylation is 1. The van der Waals surface area contributed by atoms with E-state index in [0.717, 1.165) is 0 Å². The van der Waals surface area contributed by atoms with Crippen molar-refractivity contribution in [3.8, 4) is 0 Å². The van der Waals surface area contributed by atoms with Crippen molar-refractivity contribution < 1.29 is 5.03 Å². The van der Waals surface area contributed by atoms with E-state index in [0.29, 0.717) is 12.2 Å². The average Bonchev–Trinajstić information content (AvgIpc) is 2.48. The van der Waals surface area contributed by atoms with Crippen molar-refractivity contribution in [3.63, 3.8) is 0 Å². The molecule has 0 saturated heterocycles. The molecule has 0 bridgehead atoms. The van der Waals surface area contributed by atoms with Crippen molar-refractivity contribution in [1.29, 1.82) is 0 Å². The zero-order chi connectivity index (χ0) is 10.6. The van der Waals surface area contributed by atoms with Gasteiger partial charge in [-0.05, 0) is 6.92 Å². The molecule has 14 heavy (non-hydrogen) atoms. The van der Waals surface area contributed by atoms with E-state index in [1.807, 2.05) is 6.92 Å². The molecule has 0 aliphatic carbocycles. The van der Waals surface area contributed by atoms with E-state index in [-0.39, 0.29) is 5.62 Å². The van der Waals surface area contributed by atoms with Crippen LogP contribution in [0.25, 0.3) is 6.20 Å². The van der Waals surface area contributed by atoms with Crippen LogP contribution in [0.3, 0.4) is 0 Å². The van der Waals surface area contributed by atoms with Gasteiger partial charge in [0.25, 0.3) is 0 Å². The van der Waals surface area contributed by atoms with Gasteiger partial charge >= 0.3 is 5.62 Å². The molecular weight excluding hydrogens is 186 g/mol. The number of nitrogens with zero attached hydrogens (tertiary/aromatic N) is 4. The lowest BCUT2D eigenvalue weighted by molar-refractivity contribution is -0.491. The number of hydrogen-bond donors (Lipinski definition) is 1. The molecule has 0 atom stereocenters. The normalized spacial score (nSPS) is 12.6. The number of allylic oxidation sites excluding steroid dienone is 1. The molecule has 76 valence electrons. The van der Waals surface area contributed by atoms with Gasteiger partial charge in [-0.3, -0.25) is 5.10 Å². The standard InChI is InChI=1S/C7H11N5O2/c1-3-5-11-7(10-12(13)14)8-6(4-2)9-11/h3,5H,4H2,1-2H3,(H,8,9,10)/b5-3+. The molecule has 0 fully saturated rings. The van der Waals surface area contributed by atoms with Crippen molar-refractivity contribution >= 4 is 6.20 Å². The van der Waals surface area contributed by atoms with Crippen LogP contribution in [-0.2, 0) is 6.42 Å². The minimum absolute atomic E-state index is 0.0463. The van der Waals surface area contributed by atoms with Crippen molar-refractivity contribution in [2.75, 3.05) is 0 Å². The van der Waals surface area contributed by atoms with Crippen molar-refractivity contribution in [1.82, 2.24) is 14.8 Å². The van der Waals surface area contributed by atoms with Crippen LogP contribution < -0.4 is 5.62 Å². The summed E-state index contributed by atoms with van der Waals surface area (Å²) in [5.74, 6) is 0.656. The van der Waals surface area contributed by atoms with Crippen LogP contribution in [-0.4, -0.2) is 19.8 Å². The smallest absolute Gasteiger partial charge is 0.278 e. The average molecular weight is 197 g/mol. The predicted octanol–water partition coefficient (Wildman–Crippen LogP) is 0.357. The molecule has 0 amide bonds. The quantitative estimate of drug-likeness (QED) is 0.560. The molecule has 0 spiro atoms. The second kappa shape index (κ2) is 4.35. The maximum absolute atomic E-state index is 10.2. The number of H-pyrrole nitrogens is 1. The van der Waals surface area contributed by atoms with Crippen LogP contribution in [0.1, 0.15) is 19.7 Å². The number of nitrogens with one attached hydrogen (secondary N) is 1. The molecule has 0 radical (unpaired) electrons. The summed E-state index contributed by atoms with van der Waals surface area (Å²) in [6.07, 6.45) is 4.02. The van der Waals surface area contributed by atoms with Crippen molar-refractivity contribution in [3.05, 3.63) is 27.6 Å². The lowest BCUT2D eigenvalue weighted by atomic mass is 10.5. The van der Waals surface area contributed by atoms with Gasteiger partial charge in [0.05, 0.1) is 0 Å². The number of nitro groups is 1. The first kappa shape index (κ1) is 10.2. The van der Waals surface area contributed by atoms with Gasteiger partial charge in [-0.2, -0.15) is 4.98 Å². The molecule has 7 heteroatoms. The van der Waals surface area contributed by atoms with Gasteiger partial charge in [0.1, 0.15) is 10.9 Å². The summed E-state index contributed by atoms with van der Waals surface area (Å²) >= 11 is 0. The van der Waals surface area contributed by atoms with E-state index in [1.165, 1.54) is 4.68 Å². The Balaban J connectivity index is 3.25. The Labute approximate surface area is 79.9 Å². The first-order chi connectivity index (χ1) is 6.67. The highest BCUT2D eigenvalue weighted by Gasteiger charge is 2.02. The molecule has 0 aromatic carbocycles.